The van der Waals surface area contributed by atoms with Gasteiger partial charge in [-0.1, -0.05) is 58.7 Å². The SMILES string of the molecule is CC(=O)O/N=C1\CCC(c2ccc(Cl)c(Cl)c2)c2ccccc21. The Kier molecular flexibility index (Phi) is 4.69. The van der Waals surface area contributed by atoms with Gasteiger partial charge >= 0.3 is 5.97 Å². The Hall–Kier alpha value is -1.84. The fourth-order valence-corrected chi connectivity index (χ4v) is 3.23. The highest BCUT2D eigenvalue weighted by atomic mass is 35.5. The Labute approximate surface area is 144 Å². The third kappa shape index (κ3) is 3.41. The Morgan fingerprint density at radius 2 is 1.96 bits per heavy atom. The lowest BCUT2D eigenvalue weighted by Gasteiger charge is -2.26. The van der Waals surface area contributed by atoms with E-state index < -0.39 is 5.97 Å². The summed E-state index contributed by atoms with van der Waals surface area (Å²) in [5.74, 6) is -0.196. The Bertz CT molecular complexity index is 786. The average Bonchev–Trinajstić information content (AvgIpc) is 2.55. The fourth-order valence-electron chi connectivity index (χ4n) is 2.92. The highest BCUT2D eigenvalue weighted by Crippen LogP contribution is 2.38. The molecule has 3 nitrogen and oxygen atoms in total. The van der Waals surface area contributed by atoms with E-state index in [1.807, 2.05) is 36.4 Å². The van der Waals surface area contributed by atoms with Crippen molar-refractivity contribution in [2.24, 2.45) is 5.16 Å². The minimum absolute atomic E-state index is 0.220. The number of hydrogen-bond acceptors (Lipinski definition) is 3. The summed E-state index contributed by atoms with van der Waals surface area (Å²) in [6, 6.07) is 13.8. The number of benzene rings is 2. The zero-order chi connectivity index (χ0) is 16.4. The zero-order valence-corrected chi connectivity index (χ0v) is 14.1. The number of oxime groups is 1. The average molecular weight is 348 g/mol. The summed E-state index contributed by atoms with van der Waals surface area (Å²) in [5, 5.41) is 5.11. The molecule has 1 atom stereocenters. The third-order valence-electron chi connectivity index (χ3n) is 3.95. The van der Waals surface area contributed by atoms with E-state index >= 15 is 0 Å². The number of rotatable bonds is 2. The maximum absolute atomic E-state index is 11.0. The van der Waals surface area contributed by atoms with Gasteiger partial charge in [0.1, 0.15) is 0 Å². The lowest BCUT2D eigenvalue weighted by molar-refractivity contribution is -0.140. The maximum atomic E-state index is 11.0. The molecule has 1 aliphatic rings. The smallest absolute Gasteiger partial charge is 0.318 e. The molecule has 23 heavy (non-hydrogen) atoms. The molecule has 0 aromatic heterocycles. The predicted octanol–water partition coefficient (Wildman–Crippen LogP) is 5.19. The maximum Gasteiger partial charge on any atom is 0.331 e. The van der Waals surface area contributed by atoms with Gasteiger partial charge in [-0.05, 0) is 36.1 Å². The van der Waals surface area contributed by atoms with Crippen molar-refractivity contribution in [1.82, 2.24) is 0 Å². The van der Waals surface area contributed by atoms with E-state index in [2.05, 4.69) is 11.2 Å². The molecule has 3 rings (SSSR count). The number of hydrogen-bond donors (Lipinski definition) is 0. The van der Waals surface area contributed by atoms with Crippen LogP contribution >= 0.6 is 23.2 Å². The molecule has 0 saturated carbocycles. The summed E-state index contributed by atoms with van der Waals surface area (Å²) in [6.07, 6.45) is 1.60. The van der Waals surface area contributed by atoms with Gasteiger partial charge in [0, 0.05) is 18.4 Å². The highest BCUT2D eigenvalue weighted by molar-refractivity contribution is 6.42. The molecule has 0 heterocycles. The van der Waals surface area contributed by atoms with Gasteiger partial charge in [0.2, 0.25) is 0 Å². The third-order valence-corrected chi connectivity index (χ3v) is 4.69. The van der Waals surface area contributed by atoms with Gasteiger partial charge in [-0.3, -0.25) is 0 Å². The second-order valence-corrected chi connectivity index (χ2v) is 6.29. The van der Waals surface area contributed by atoms with Crippen molar-refractivity contribution in [2.75, 3.05) is 0 Å². The first-order valence-electron chi connectivity index (χ1n) is 7.35. The lowest BCUT2D eigenvalue weighted by atomic mass is 9.78. The van der Waals surface area contributed by atoms with Crippen molar-refractivity contribution >= 4 is 34.9 Å². The van der Waals surface area contributed by atoms with Gasteiger partial charge in [0.25, 0.3) is 0 Å². The number of fused-ring (bicyclic) bond motifs is 1. The quantitative estimate of drug-likeness (QED) is 0.554. The minimum atomic E-state index is -0.415. The standard InChI is InChI=1S/C18H15Cl2NO2/c1-11(22)23-21-18-9-7-13(14-4-2-3-5-15(14)18)12-6-8-16(19)17(20)10-12/h2-6,8,10,13H,7,9H2,1H3/b21-18+. The summed E-state index contributed by atoms with van der Waals surface area (Å²) >= 11 is 12.2. The van der Waals surface area contributed by atoms with Crippen LogP contribution in [0.25, 0.3) is 0 Å². The van der Waals surface area contributed by atoms with Gasteiger partial charge in [-0.2, -0.15) is 0 Å². The Morgan fingerprint density at radius 1 is 1.17 bits per heavy atom. The topological polar surface area (TPSA) is 38.7 Å². The molecule has 0 spiro atoms. The summed E-state index contributed by atoms with van der Waals surface area (Å²) in [5.41, 5.74) is 4.09. The van der Waals surface area contributed by atoms with Crippen LogP contribution in [0, 0.1) is 0 Å². The molecule has 0 radical (unpaired) electrons. The van der Waals surface area contributed by atoms with Crippen LogP contribution in [0.5, 0.6) is 0 Å². The molecule has 2 aromatic rings. The van der Waals surface area contributed by atoms with Gasteiger partial charge in [0.05, 0.1) is 15.8 Å². The number of nitrogens with zero attached hydrogens (tertiary/aromatic N) is 1. The molecule has 0 amide bonds. The van der Waals surface area contributed by atoms with Gasteiger partial charge in [0.15, 0.2) is 0 Å². The molecule has 1 unspecified atom stereocenters. The van der Waals surface area contributed by atoms with Crippen molar-refractivity contribution in [3.05, 3.63) is 69.2 Å². The molecule has 0 bridgehead atoms. The largest absolute Gasteiger partial charge is 0.331 e. The number of carbonyl (C=O) groups is 1. The van der Waals surface area contributed by atoms with Crippen LogP contribution in [0.1, 0.15) is 42.4 Å². The lowest BCUT2D eigenvalue weighted by Crippen LogP contribution is -2.18. The van der Waals surface area contributed by atoms with Crippen molar-refractivity contribution in [3.63, 3.8) is 0 Å². The normalized spacial score (nSPS) is 18.6. The van der Waals surface area contributed by atoms with Crippen LogP contribution in [0.2, 0.25) is 10.0 Å². The van der Waals surface area contributed by atoms with Crippen molar-refractivity contribution < 1.29 is 9.63 Å². The van der Waals surface area contributed by atoms with Crippen molar-refractivity contribution in [1.29, 1.82) is 0 Å². The molecule has 5 heteroatoms. The van der Waals surface area contributed by atoms with E-state index in [1.165, 1.54) is 6.92 Å². The molecule has 0 aliphatic heterocycles. The molecule has 0 N–H and O–H groups in total. The first-order valence-corrected chi connectivity index (χ1v) is 8.10. The molecule has 2 aromatic carbocycles. The first kappa shape index (κ1) is 16.0. The van der Waals surface area contributed by atoms with E-state index in [4.69, 9.17) is 28.0 Å². The van der Waals surface area contributed by atoms with Crippen LogP contribution < -0.4 is 0 Å². The van der Waals surface area contributed by atoms with E-state index in [0.717, 1.165) is 35.2 Å². The summed E-state index contributed by atoms with van der Waals surface area (Å²) in [7, 11) is 0. The predicted molar refractivity (Wildman–Crippen MR) is 92.3 cm³/mol. The molecule has 1 aliphatic carbocycles. The molecule has 0 fully saturated rings. The van der Waals surface area contributed by atoms with Gasteiger partial charge < -0.3 is 4.84 Å². The monoisotopic (exact) mass is 347 g/mol. The minimum Gasteiger partial charge on any atom is -0.318 e. The van der Waals surface area contributed by atoms with Crippen LogP contribution in [0.4, 0.5) is 0 Å². The highest BCUT2D eigenvalue weighted by Gasteiger charge is 2.26. The van der Waals surface area contributed by atoms with Crippen LogP contribution in [0.3, 0.4) is 0 Å². The van der Waals surface area contributed by atoms with Crippen molar-refractivity contribution in [2.45, 2.75) is 25.7 Å². The molecule has 118 valence electrons. The second-order valence-electron chi connectivity index (χ2n) is 5.47. The van der Waals surface area contributed by atoms with E-state index in [0.29, 0.717) is 10.0 Å². The molecular weight excluding hydrogens is 333 g/mol. The molecule has 0 saturated heterocycles. The van der Waals surface area contributed by atoms with E-state index in [9.17, 15) is 4.79 Å². The van der Waals surface area contributed by atoms with E-state index in [1.54, 1.807) is 0 Å². The van der Waals surface area contributed by atoms with Crippen LogP contribution in [-0.2, 0) is 9.63 Å². The van der Waals surface area contributed by atoms with Crippen LogP contribution in [0.15, 0.2) is 47.6 Å². The zero-order valence-electron chi connectivity index (χ0n) is 12.6. The summed E-state index contributed by atoms with van der Waals surface area (Å²) < 4.78 is 0. The van der Waals surface area contributed by atoms with Crippen molar-refractivity contribution in [3.8, 4) is 0 Å². The first-order chi connectivity index (χ1) is 11.1. The van der Waals surface area contributed by atoms with E-state index in [-0.39, 0.29) is 5.92 Å². The summed E-state index contributed by atoms with van der Waals surface area (Å²) in [4.78, 5) is 15.8. The second kappa shape index (κ2) is 6.73. The molecular formula is C18H15Cl2NO2. The van der Waals surface area contributed by atoms with Gasteiger partial charge in [-0.15, -0.1) is 0 Å². The number of carbonyl (C=O) groups excluding carboxylic acids is 1. The van der Waals surface area contributed by atoms with Gasteiger partial charge in [-0.25, -0.2) is 4.79 Å². The van der Waals surface area contributed by atoms with Crippen LogP contribution in [-0.4, -0.2) is 11.7 Å². The fraction of sp³-hybridized carbons (Fsp3) is 0.222. The number of halogens is 2. The Morgan fingerprint density at radius 3 is 2.70 bits per heavy atom. The summed E-state index contributed by atoms with van der Waals surface area (Å²) in [6.45, 7) is 1.34. The Balaban J connectivity index is 2.01.